The van der Waals surface area contributed by atoms with Crippen LogP contribution in [0.1, 0.15) is 10.4 Å². The van der Waals surface area contributed by atoms with Crippen molar-refractivity contribution in [2.24, 2.45) is 12.8 Å². The van der Waals surface area contributed by atoms with E-state index in [1.54, 1.807) is 16.9 Å². The van der Waals surface area contributed by atoms with Gasteiger partial charge >= 0.3 is 0 Å². The third-order valence-electron chi connectivity index (χ3n) is 4.90. The van der Waals surface area contributed by atoms with Gasteiger partial charge in [-0.1, -0.05) is 11.6 Å². The zero-order valence-electron chi connectivity index (χ0n) is 14.0. The molecule has 7 nitrogen and oxygen atoms in total. The number of benzene rings is 1. The molecule has 1 aromatic carbocycles. The molecule has 0 atom stereocenters. The van der Waals surface area contributed by atoms with E-state index in [1.165, 1.54) is 0 Å². The predicted octanol–water partition coefficient (Wildman–Crippen LogP) is 1.73. The van der Waals surface area contributed by atoms with Gasteiger partial charge in [-0.05, 0) is 18.2 Å². The maximum Gasteiger partial charge on any atom is 0.250 e. The first kappa shape index (κ1) is 16.0. The van der Waals surface area contributed by atoms with Gasteiger partial charge in [0.15, 0.2) is 0 Å². The number of halogens is 1. The monoisotopic (exact) mass is 358 g/mol. The molecule has 1 aliphatic rings. The van der Waals surface area contributed by atoms with E-state index in [2.05, 4.69) is 20.3 Å². The highest BCUT2D eigenvalue weighted by Gasteiger charge is 2.27. The Hall–Kier alpha value is -2.51. The van der Waals surface area contributed by atoms with Crippen molar-refractivity contribution in [2.75, 3.05) is 25.0 Å². The Labute approximate surface area is 149 Å². The molecule has 1 saturated heterocycles. The average molecular weight is 359 g/mol. The molecule has 0 unspecified atom stereocenters. The number of nitrogens with zero attached hydrogens (tertiary/aromatic N) is 3. The fourth-order valence-electron chi connectivity index (χ4n) is 3.29. The Morgan fingerprint density at radius 3 is 2.72 bits per heavy atom. The lowest BCUT2D eigenvalue weighted by Gasteiger charge is -2.37. The number of nitrogens with one attached hydrogen (secondary N) is 2. The van der Waals surface area contributed by atoms with Crippen LogP contribution in [0.15, 0.2) is 24.4 Å². The molecule has 8 heteroatoms. The number of hydrogen-bond donors (Lipinski definition) is 3. The normalized spacial score (nSPS) is 14.7. The number of carbonyl (C=O) groups is 1. The van der Waals surface area contributed by atoms with Gasteiger partial charge in [0.2, 0.25) is 0 Å². The van der Waals surface area contributed by atoms with Crippen LogP contribution in [0.5, 0.6) is 0 Å². The standard InChI is InChI=1S/C17H19ClN6O/c1-23(9-7-20-8-9)11-4-3-10(17(19)25)15-13(11)14(18)16(22-15)12-5-6-21-24(12)2/h3-6,9,20,22H,7-8H2,1-2H3,(H2,19,25). The van der Waals surface area contributed by atoms with E-state index in [0.29, 0.717) is 22.1 Å². The third kappa shape index (κ3) is 2.39. The first-order chi connectivity index (χ1) is 12.0. The van der Waals surface area contributed by atoms with Gasteiger partial charge in [0.1, 0.15) is 0 Å². The van der Waals surface area contributed by atoms with E-state index in [-0.39, 0.29) is 0 Å². The number of nitrogens with two attached hydrogens (primary N) is 1. The van der Waals surface area contributed by atoms with Crippen molar-refractivity contribution in [3.63, 3.8) is 0 Å². The minimum atomic E-state index is -0.487. The number of likely N-dealkylation sites (N-methyl/N-ethyl adjacent to an activating group) is 1. The highest BCUT2D eigenvalue weighted by atomic mass is 35.5. The molecule has 3 aromatic rings. The van der Waals surface area contributed by atoms with Crippen LogP contribution in [0.2, 0.25) is 5.02 Å². The topological polar surface area (TPSA) is 92.0 Å². The summed E-state index contributed by atoms with van der Waals surface area (Å²) in [6.07, 6.45) is 1.71. The maximum atomic E-state index is 11.9. The molecule has 1 aliphatic heterocycles. The molecule has 25 heavy (non-hydrogen) atoms. The summed E-state index contributed by atoms with van der Waals surface area (Å²) < 4.78 is 1.74. The third-order valence-corrected chi connectivity index (χ3v) is 5.28. The number of primary amides is 1. The van der Waals surface area contributed by atoms with Gasteiger partial charge in [0.25, 0.3) is 5.91 Å². The van der Waals surface area contributed by atoms with Crippen molar-refractivity contribution in [3.8, 4) is 11.4 Å². The lowest BCUT2D eigenvalue weighted by molar-refractivity contribution is 0.100. The molecular weight excluding hydrogens is 340 g/mol. The number of rotatable bonds is 4. The van der Waals surface area contributed by atoms with Crippen LogP contribution < -0.4 is 16.0 Å². The Morgan fingerprint density at radius 2 is 2.16 bits per heavy atom. The summed E-state index contributed by atoms with van der Waals surface area (Å²) in [7, 11) is 3.89. The Morgan fingerprint density at radius 1 is 1.40 bits per heavy atom. The number of amides is 1. The van der Waals surface area contributed by atoms with Gasteiger partial charge < -0.3 is 20.9 Å². The molecule has 4 N–H and O–H groups in total. The maximum absolute atomic E-state index is 11.9. The van der Waals surface area contributed by atoms with Gasteiger partial charge in [-0.25, -0.2) is 0 Å². The largest absolute Gasteiger partial charge is 0.368 e. The number of hydrogen-bond acceptors (Lipinski definition) is 4. The Bertz CT molecular complexity index is 971. The van der Waals surface area contributed by atoms with Crippen LogP contribution in [0.25, 0.3) is 22.3 Å². The molecule has 130 valence electrons. The molecule has 2 aromatic heterocycles. The van der Waals surface area contributed by atoms with Crippen LogP contribution in [-0.2, 0) is 7.05 Å². The summed E-state index contributed by atoms with van der Waals surface area (Å²) >= 11 is 6.75. The lowest BCUT2D eigenvalue weighted by Crippen LogP contribution is -2.56. The molecule has 3 heterocycles. The first-order valence-electron chi connectivity index (χ1n) is 8.05. The van der Waals surface area contributed by atoms with Crippen LogP contribution in [0.3, 0.4) is 0 Å². The molecule has 0 bridgehead atoms. The van der Waals surface area contributed by atoms with Crippen molar-refractivity contribution in [1.29, 1.82) is 0 Å². The van der Waals surface area contributed by atoms with Crippen molar-refractivity contribution in [2.45, 2.75) is 6.04 Å². The van der Waals surface area contributed by atoms with E-state index in [1.807, 2.05) is 26.2 Å². The quantitative estimate of drug-likeness (QED) is 0.662. The van der Waals surface area contributed by atoms with Crippen molar-refractivity contribution >= 4 is 34.1 Å². The molecule has 0 spiro atoms. The molecule has 4 rings (SSSR count). The van der Waals surface area contributed by atoms with E-state index >= 15 is 0 Å². The minimum absolute atomic E-state index is 0.397. The van der Waals surface area contributed by atoms with Gasteiger partial charge in [-0.15, -0.1) is 0 Å². The molecule has 0 aliphatic carbocycles. The molecule has 1 amide bonds. The highest BCUT2D eigenvalue weighted by molar-refractivity contribution is 6.40. The number of fused-ring (bicyclic) bond motifs is 1. The van der Waals surface area contributed by atoms with Crippen LogP contribution in [0, 0.1) is 0 Å². The zero-order valence-corrected chi connectivity index (χ0v) is 14.8. The van der Waals surface area contributed by atoms with Gasteiger partial charge in [0.05, 0.1) is 33.5 Å². The van der Waals surface area contributed by atoms with E-state index in [0.717, 1.165) is 35.6 Å². The summed E-state index contributed by atoms with van der Waals surface area (Å²) in [5.74, 6) is -0.487. The molecule has 1 fully saturated rings. The van der Waals surface area contributed by atoms with E-state index in [9.17, 15) is 4.79 Å². The molecule has 0 radical (unpaired) electrons. The van der Waals surface area contributed by atoms with E-state index in [4.69, 9.17) is 17.3 Å². The van der Waals surface area contributed by atoms with Crippen molar-refractivity contribution < 1.29 is 4.79 Å². The minimum Gasteiger partial charge on any atom is -0.368 e. The summed E-state index contributed by atoms with van der Waals surface area (Å²) in [6, 6.07) is 5.93. The SMILES string of the molecule is CN(c1ccc(C(N)=O)c2[nH]c(-c3ccnn3C)c(Cl)c12)C1CNC1. The molecular formula is C17H19ClN6O. The zero-order chi connectivity index (χ0) is 17.7. The predicted molar refractivity (Wildman–Crippen MR) is 99.1 cm³/mol. The van der Waals surface area contributed by atoms with Crippen LogP contribution in [-0.4, -0.2) is 46.9 Å². The fraction of sp³-hybridized carbons (Fsp3) is 0.294. The van der Waals surface area contributed by atoms with Gasteiger partial charge in [0, 0.05) is 44.5 Å². The average Bonchev–Trinajstić information content (AvgIpc) is 3.08. The van der Waals surface area contributed by atoms with Crippen molar-refractivity contribution in [1.82, 2.24) is 20.1 Å². The second-order valence-corrected chi connectivity index (χ2v) is 6.70. The summed E-state index contributed by atoms with van der Waals surface area (Å²) in [4.78, 5) is 17.4. The summed E-state index contributed by atoms with van der Waals surface area (Å²) in [5.41, 5.74) is 9.20. The number of aromatic amines is 1. The van der Waals surface area contributed by atoms with Crippen LogP contribution >= 0.6 is 11.6 Å². The number of anilines is 1. The van der Waals surface area contributed by atoms with E-state index < -0.39 is 5.91 Å². The summed E-state index contributed by atoms with van der Waals surface area (Å²) in [6.45, 7) is 1.85. The number of H-pyrrole nitrogens is 1. The van der Waals surface area contributed by atoms with Crippen LogP contribution in [0.4, 0.5) is 5.69 Å². The van der Waals surface area contributed by atoms with Gasteiger partial charge in [-0.3, -0.25) is 9.48 Å². The van der Waals surface area contributed by atoms with Gasteiger partial charge in [-0.2, -0.15) is 5.10 Å². The highest BCUT2D eigenvalue weighted by Crippen LogP contribution is 2.41. The number of aryl methyl sites for hydroxylation is 1. The lowest BCUT2D eigenvalue weighted by atomic mass is 10.1. The van der Waals surface area contributed by atoms with Crippen molar-refractivity contribution in [3.05, 3.63) is 35.0 Å². The number of carbonyl (C=O) groups excluding carboxylic acids is 1. The summed E-state index contributed by atoms with van der Waals surface area (Å²) in [5, 5.41) is 8.84. The first-order valence-corrected chi connectivity index (χ1v) is 8.42. The number of aromatic nitrogens is 3. The second kappa shape index (κ2) is 5.79. The Kier molecular flexibility index (Phi) is 3.70. The smallest absolute Gasteiger partial charge is 0.250 e. The second-order valence-electron chi connectivity index (χ2n) is 6.32. The fourth-order valence-corrected chi connectivity index (χ4v) is 3.62. The molecule has 0 saturated carbocycles. The Balaban J connectivity index is 1.99.